The van der Waals surface area contributed by atoms with Crippen molar-refractivity contribution < 1.29 is 19.6 Å². The Balaban J connectivity index is 1.93. The molecular weight excluding hydrogens is 362 g/mol. The van der Waals surface area contributed by atoms with Crippen LogP contribution in [0.2, 0.25) is 5.02 Å². The third-order valence-electron chi connectivity index (χ3n) is 3.35. The number of hydrogen-bond donors (Lipinski definition) is 1. The van der Waals surface area contributed by atoms with E-state index in [9.17, 15) is 20.0 Å². The van der Waals surface area contributed by atoms with Crippen LogP contribution in [-0.4, -0.2) is 23.7 Å². The van der Waals surface area contributed by atoms with Crippen molar-refractivity contribution in [2.45, 2.75) is 13.3 Å². The molecule has 0 atom stereocenters. The van der Waals surface area contributed by atoms with Crippen LogP contribution in [0.4, 0.5) is 5.69 Å². The molecule has 0 aliphatic carbocycles. The number of rotatable bonds is 7. The van der Waals surface area contributed by atoms with E-state index in [-0.39, 0.29) is 17.2 Å². The largest absolute Gasteiger partial charge is 0.867 e. The molecule has 0 aliphatic heterocycles. The Kier molecular flexibility index (Phi) is 6.51. The topological polar surface area (TPSA) is 117 Å². The zero-order valence-electron chi connectivity index (χ0n) is 13.8. The molecule has 136 valence electrons. The number of halogens is 1. The molecule has 8 nitrogen and oxygen atoms in total. The Morgan fingerprint density at radius 2 is 2.04 bits per heavy atom. The van der Waals surface area contributed by atoms with Crippen LogP contribution in [0.15, 0.2) is 41.5 Å². The second kappa shape index (κ2) is 8.82. The number of ether oxygens (including phenoxy) is 1. The highest BCUT2D eigenvalue weighted by atomic mass is 35.5. The third kappa shape index (κ3) is 5.18. The fourth-order valence-electron chi connectivity index (χ4n) is 2.01. The maximum absolute atomic E-state index is 11.9. The molecule has 1 N–H and O–H groups in total. The summed E-state index contributed by atoms with van der Waals surface area (Å²) < 4.78 is 5.31. The van der Waals surface area contributed by atoms with Crippen molar-refractivity contribution in [3.8, 4) is 11.5 Å². The van der Waals surface area contributed by atoms with Gasteiger partial charge in [0, 0.05) is 11.1 Å². The fourth-order valence-corrected chi connectivity index (χ4v) is 2.23. The number of nitrogens with one attached hydrogen (secondary N) is 1. The highest BCUT2D eigenvalue weighted by Crippen LogP contribution is 2.29. The monoisotopic (exact) mass is 376 g/mol. The van der Waals surface area contributed by atoms with Gasteiger partial charge in [0.2, 0.25) is 0 Å². The van der Waals surface area contributed by atoms with Gasteiger partial charge in [0.25, 0.3) is 11.6 Å². The van der Waals surface area contributed by atoms with Crippen molar-refractivity contribution in [3.05, 3.63) is 62.7 Å². The number of carbonyl (C=O) groups is 1. The predicted octanol–water partition coefficient (Wildman–Crippen LogP) is 2.41. The normalized spacial score (nSPS) is 10.7. The lowest BCUT2D eigenvalue weighted by atomic mass is 10.2. The van der Waals surface area contributed by atoms with Crippen LogP contribution < -0.4 is 15.3 Å². The molecule has 2 rings (SSSR count). The number of amides is 1. The van der Waals surface area contributed by atoms with Crippen molar-refractivity contribution in [2.75, 3.05) is 6.61 Å². The average Bonchev–Trinajstić information content (AvgIpc) is 2.62. The molecular formula is C17H15ClN3O5-. The van der Waals surface area contributed by atoms with E-state index in [4.69, 9.17) is 16.3 Å². The molecule has 26 heavy (non-hydrogen) atoms. The number of carbonyl (C=O) groups excluding carboxylic acids is 1. The Morgan fingerprint density at radius 1 is 1.35 bits per heavy atom. The first-order chi connectivity index (χ1) is 12.4. The van der Waals surface area contributed by atoms with E-state index in [2.05, 4.69) is 10.5 Å². The van der Waals surface area contributed by atoms with E-state index in [0.29, 0.717) is 5.75 Å². The van der Waals surface area contributed by atoms with Gasteiger partial charge in [-0.05, 0) is 41.5 Å². The minimum atomic E-state index is -0.843. The zero-order chi connectivity index (χ0) is 19.1. The Labute approximate surface area is 154 Å². The molecule has 2 aromatic carbocycles. The van der Waals surface area contributed by atoms with Gasteiger partial charge < -0.3 is 9.84 Å². The summed E-state index contributed by atoms with van der Waals surface area (Å²) in [5.74, 6) is -0.858. The highest BCUT2D eigenvalue weighted by Gasteiger charge is 2.11. The van der Waals surface area contributed by atoms with E-state index in [1.807, 2.05) is 19.1 Å². The number of hydrazone groups is 1. The SMILES string of the molecule is CCc1ccc(OCC(=O)N/N=C\c2cc(Cl)cc([N+](=O)[O-])c2[O-])cc1. The fraction of sp³-hybridized carbons (Fsp3) is 0.176. The number of aryl methyl sites for hydroxylation is 1. The number of nitro groups is 1. The molecule has 0 radical (unpaired) electrons. The summed E-state index contributed by atoms with van der Waals surface area (Å²) >= 11 is 5.73. The third-order valence-corrected chi connectivity index (χ3v) is 3.57. The predicted molar refractivity (Wildman–Crippen MR) is 94.6 cm³/mol. The summed E-state index contributed by atoms with van der Waals surface area (Å²) in [4.78, 5) is 21.6. The maximum atomic E-state index is 11.9. The molecule has 0 spiro atoms. The number of nitrogens with zero attached hydrogens (tertiary/aromatic N) is 2. The summed E-state index contributed by atoms with van der Waals surface area (Å²) in [6.07, 6.45) is 1.90. The molecule has 0 aromatic heterocycles. The molecule has 0 bridgehead atoms. The quantitative estimate of drug-likeness (QED) is 0.452. The van der Waals surface area contributed by atoms with Gasteiger partial charge in [-0.1, -0.05) is 30.7 Å². The molecule has 0 fully saturated rings. The van der Waals surface area contributed by atoms with Crippen LogP contribution in [0, 0.1) is 10.1 Å². The van der Waals surface area contributed by atoms with Gasteiger partial charge in [0.05, 0.1) is 11.1 Å². The molecule has 0 saturated heterocycles. The van der Waals surface area contributed by atoms with Crippen LogP contribution in [0.3, 0.4) is 0 Å². The van der Waals surface area contributed by atoms with Gasteiger partial charge >= 0.3 is 0 Å². The van der Waals surface area contributed by atoms with Gasteiger partial charge in [-0.2, -0.15) is 5.10 Å². The standard InChI is InChI=1S/C17H16ClN3O5/c1-2-11-3-5-14(6-4-11)26-10-16(22)20-19-9-12-7-13(18)8-15(17(12)23)21(24)25/h3-9,23H,2,10H2,1H3,(H,20,22)/p-1/b19-9-. The van der Waals surface area contributed by atoms with Crippen LogP contribution in [0.5, 0.6) is 11.5 Å². The van der Waals surface area contributed by atoms with Gasteiger partial charge in [0.1, 0.15) is 5.75 Å². The summed E-state index contributed by atoms with van der Waals surface area (Å²) in [5, 5.41) is 26.3. The van der Waals surface area contributed by atoms with Gasteiger partial charge in [-0.3, -0.25) is 14.9 Å². The summed E-state index contributed by atoms with van der Waals surface area (Å²) in [7, 11) is 0. The lowest BCUT2D eigenvalue weighted by Gasteiger charge is -2.10. The van der Waals surface area contributed by atoms with E-state index in [0.717, 1.165) is 24.3 Å². The molecule has 9 heteroatoms. The highest BCUT2D eigenvalue weighted by molar-refractivity contribution is 6.31. The molecule has 2 aromatic rings. The first-order valence-corrected chi connectivity index (χ1v) is 7.97. The second-order valence-electron chi connectivity index (χ2n) is 5.18. The van der Waals surface area contributed by atoms with E-state index in [1.165, 1.54) is 6.07 Å². The lowest BCUT2D eigenvalue weighted by Crippen LogP contribution is -2.24. The van der Waals surface area contributed by atoms with Gasteiger partial charge in [0.15, 0.2) is 6.61 Å². The van der Waals surface area contributed by atoms with Crippen molar-refractivity contribution in [1.82, 2.24) is 5.43 Å². The molecule has 0 unspecified atom stereocenters. The smallest absolute Gasteiger partial charge is 0.277 e. The Morgan fingerprint density at radius 3 is 2.65 bits per heavy atom. The number of benzene rings is 2. The molecule has 0 heterocycles. The van der Waals surface area contributed by atoms with Crippen molar-refractivity contribution >= 4 is 29.4 Å². The summed E-state index contributed by atoms with van der Waals surface area (Å²) in [5.41, 5.74) is 2.55. The summed E-state index contributed by atoms with van der Waals surface area (Å²) in [6, 6.07) is 9.48. The zero-order valence-corrected chi connectivity index (χ0v) is 14.5. The minimum absolute atomic E-state index is 0.0166. The van der Waals surface area contributed by atoms with Crippen LogP contribution in [0.1, 0.15) is 18.1 Å². The van der Waals surface area contributed by atoms with E-state index >= 15 is 0 Å². The minimum Gasteiger partial charge on any atom is -0.867 e. The molecule has 0 aliphatic rings. The van der Waals surface area contributed by atoms with Gasteiger partial charge in [-0.15, -0.1) is 0 Å². The number of nitro benzene ring substituents is 1. The van der Waals surface area contributed by atoms with Crippen molar-refractivity contribution in [1.29, 1.82) is 0 Å². The molecule has 1 amide bonds. The second-order valence-corrected chi connectivity index (χ2v) is 5.62. The summed E-state index contributed by atoms with van der Waals surface area (Å²) in [6.45, 7) is 1.76. The Hall–Kier alpha value is -3.13. The van der Waals surface area contributed by atoms with Crippen molar-refractivity contribution in [3.63, 3.8) is 0 Å². The van der Waals surface area contributed by atoms with Crippen LogP contribution in [-0.2, 0) is 11.2 Å². The van der Waals surface area contributed by atoms with E-state index < -0.39 is 22.3 Å². The first kappa shape index (κ1) is 19.2. The maximum Gasteiger partial charge on any atom is 0.277 e. The van der Waals surface area contributed by atoms with Crippen LogP contribution in [0.25, 0.3) is 0 Å². The Bertz CT molecular complexity index is 837. The lowest BCUT2D eigenvalue weighted by molar-refractivity contribution is -0.398. The van der Waals surface area contributed by atoms with Gasteiger partial charge in [-0.25, -0.2) is 5.43 Å². The van der Waals surface area contributed by atoms with Crippen LogP contribution >= 0.6 is 11.6 Å². The first-order valence-electron chi connectivity index (χ1n) is 7.59. The van der Waals surface area contributed by atoms with Crippen molar-refractivity contribution in [2.24, 2.45) is 5.10 Å². The number of hydrogen-bond acceptors (Lipinski definition) is 6. The average molecular weight is 377 g/mol. The molecule has 0 saturated carbocycles. The van der Waals surface area contributed by atoms with E-state index in [1.54, 1.807) is 12.1 Å².